The molecule has 0 saturated heterocycles. The van der Waals surface area contributed by atoms with Gasteiger partial charge in [0.15, 0.2) is 5.16 Å². The van der Waals surface area contributed by atoms with E-state index in [1.54, 1.807) is 0 Å². The summed E-state index contributed by atoms with van der Waals surface area (Å²) in [6.07, 6.45) is 0. The van der Waals surface area contributed by atoms with Crippen LogP contribution in [0.25, 0.3) is 10.9 Å². The summed E-state index contributed by atoms with van der Waals surface area (Å²) in [5, 5.41) is 11.4. The van der Waals surface area contributed by atoms with E-state index in [2.05, 4.69) is 15.0 Å². The predicted molar refractivity (Wildman–Crippen MR) is 81.1 cm³/mol. The van der Waals surface area contributed by atoms with Crippen molar-refractivity contribution in [2.75, 3.05) is 5.73 Å². The van der Waals surface area contributed by atoms with Gasteiger partial charge in [-0.3, -0.25) is 4.79 Å². The number of anilines is 1. The molecule has 0 aliphatic heterocycles. The molecular weight excluding hydrogens is 288 g/mol. The number of aliphatic hydroxyl groups is 1. The van der Waals surface area contributed by atoms with Gasteiger partial charge in [-0.2, -0.15) is 0 Å². The summed E-state index contributed by atoms with van der Waals surface area (Å²) < 4.78 is 0. The second-order valence-corrected chi connectivity index (χ2v) is 5.36. The van der Waals surface area contributed by atoms with Crippen LogP contribution in [-0.4, -0.2) is 20.1 Å². The van der Waals surface area contributed by atoms with Crippen molar-refractivity contribution in [3.8, 4) is 0 Å². The minimum atomic E-state index is -0.323. The van der Waals surface area contributed by atoms with Crippen LogP contribution in [0.15, 0.2) is 51.4 Å². The third-order valence-corrected chi connectivity index (χ3v) is 3.80. The summed E-state index contributed by atoms with van der Waals surface area (Å²) in [6.45, 7) is -0.146. The molecule has 0 spiro atoms. The monoisotopic (exact) mass is 300 g/mol. The molecule has 2 heterocycles. The molecule has 0 aliphatic carbocycles. The Bertz CT molecular complexity index is 863. The molecule has 3 rings (SSSR count). The number of nitrogens with two attached hydrogens (primary N) is 1. The highest BCUT2D eigenvalue weighted by Crippen LogP contribution is 2.28. The zero-order valence-corrected chi connectivity index (χ0v) is 11.7. The second kappa shape index (κ2) is 5.55. The normalized spacial score (nSPS) is 10.9. The molecule has 6 nitrogen and oxygen atoms in total. The van der Waals surface area contributed by atoms with Crippen LogP contribution in [0, 0.1) is 0 Å². The minimum Gasteiger partial charge on any atom is -0.392 e. The Kier molecular flexibility index (Phi) is 3.59. The highest BCUT2D eigenvalue weighted by molar-refractivity contribution is 7.99. The highest BCUT2D eigenvalue weighted by atomic mass is 32.2. The summed E-state index contributed by atoms with van der Waals surface area (Å²) >= 11 is 1.16. The van der Waals surface area contributed by atoms with E-state index in [0.29, 0.717) is 15.7 Å². The summed E-state index contributed by atoms with van der Waals surface area (Å²) in [5.74, 6) is 0.146. The number of aromatic amines is 1. The number of aliphatic hydroxyl groups excluding tert-OH is 1. The zero-order valence-electron chi connectivity index (χ0n) is 10.9. The molecule has 2 aromatic heterocycles. The van der Waals surface area contributed by atoms with Gasteiger partial charge in [0, 0.05) is 17.0 Å². The third-order valence-electron chi connectivity index (χ3n) is 2.87. The molecule has 1 aromatic carbocycles. The number of nitrogens with one attached hydrogen (secondary N) is 1. The maximum atomic E-state index is 11.4. The number of fused-ring (bicyclic) bond motifs is 1. The Morgan fingerprint density at radius 3 is 2.81 bits per heavy atom. The highest BCUT2D eigenvalue weighted by Gasteiger charge is 2.10. The van der Waals surface area contributed by atoms with Crippen molar-refractivity contribution in [1.29, 1.82) is 0 Å². The molecule has 4 N–H and O–H groups in total. The molecular formula is C14H12N4O2S. The van der Waals surface area contributed by atoms with Crippen LogP contribution >= 0.6 is 11.8 Å². The zero-order chi connectivity index (χ0) is 14.8. The number of para-hydroxylation sites is 1. The molecule has 0 radical (unpaired) electrons. The smallest absolute Gasteiger partial charge is 0.253 e. The number of hydrogen-bond donors (Lipinski definition) is 3. The number of nitrogens with zero attached hydrogens (tertiary/aromatic N) is 2. The first kappa shape index (κ1) is 13.6. The number of benzene rings is 1. The molecule has 0 bridgehead atoms. The molecule has 0 atom stereocenters. The van der Waals surface area contributed by atoms with Crippen LogP contribution in [0.1, 0.15) is 5.56 Å². The number of rotatable bonds is 3. The fourth-order valence-electron chi connectivity index (χ4n) is 1.94. The molecule has 0 fully saturated rings. The van der Waals surface area contributed by atoms with Crippen molar-refractivity contribution >= 4 is 28.5 Å². The average Bonchev–Trinajstić information content (AvgIpc) is 2.45. The molecule has 3 aromatic rings. The van der Waals surface area contributed by atoms with Gasteiger partial charge >= 0.3 is 0 Å². The lowest BCUT2D eigenvalue weighted by molar-refractivity contribution is 0.278. The summed E-state index contributed by atoms with van der Waals surface area (Å²) in [6, 6.07) is 10.7. The van der Waals surface area contributed by atoms with Gasteiger partial charge in [0.25, 0.3) is 5.56 Å². The molecule has 0 amide bonds. The Labute approximate surface area is 124 Å². The number of nitrogen functional groups attached to an aromatic ring is 1. The van der Waals surface area contributed by atoms with Crippen molar-refractivity contribution < 1.29 is 5.11 Å². The predicted octanol–water partition coefficient (Wildman–Crippen LogP) is 1.54. The van der Waals surface area contributed by atoms with Gasteiger partial charge in [0.1, 0.15) is 10.8 Å². The molecule has 0 saturated carbocycles. The van der Waals surface area contributed by atoms with Gasteiger partial charge in [0.05, 0.1) is 12.1 Å². The van der Waals surface area contributed by atoms with Gasteiger partial charge in [-0.15, -0.1) is 0 Å². The van der Waals surface area contributed by atoms with E-state index in [1.807, 2.05) is 30.3 Å². The Balaban J connectivity index is 2.08. The van der Waals surface area contributed by atoms with Gasteiger partial charge in [0.2, 0.25) is 0 Å². The summed E-state index contributed by atoms with van der Waals surface area (Å²) in [5.41, 5.74) is 6.72. The largest absolute Gasteiger partial charge is 0.392 e. The first-order chi connectivity index (χ1) is 10.2. The Morgan fingerprint density at radius 2 is 2.05 bits per heavy atom. The fourth-order valence-corrected chi connectivity index (χ4v) is 2.82. The van der Waals surface area contributed by atoms with E-state index in [-0.39, 0.29) is 18.0 Å². The fraction of sp³-hybridized carbons (Fsp3) is 0.0714. The maximum Gasteiger partial charge on any atom is 0.253 e. The quantitative estimate of drug-likeness (QED) is 0.634. The molecule has 0 unspecified atom stereocenters. The summed E-state index contributed by atoms with van der Waals surface area (Å²) in [4.78, 5) is 22.5. The third kappa shape index (κ3) is 2.88. The van der Waals surface area contributed by atoms with Crippen molar-refractivity contribution in [1.82, 2.24) is 15.0 Å². The number of H-pyrrole nitrogens is 1. The van der Waals surface area contributed by atoms with E-state index < -0.39 is 0 Å². The molecule has 106 valence electrons. The molecule has 21 heavy (non-hydrogen) atoms. The van der Waals surface area contributed by atoms with Crippen LogP contribution in [-0.2, 0) is 6.61 Å². The maximum absolute atomic E-state index is 11.4. The van der Waals surface area contributed by atoms with Crippen LogP contribution in [0.3, 0.4) is 0 Å². The van der Waals surface area contributed by atoms with Crippen molar-refractivity contribution in [2.45, 2.75) is 16.8 Å². The van der Waals surface area contributed by atoms with Crippen LogP contribution in [0.4, 0.5) is 5.82 Å². The van der Waals surface area contributed by atoms with Crippen LogP contribution in [0.2, 0.25) is 0 Å². The van der Waals surface area contributed by atoms with E-state index in [1.165, 1.54) is 6.07 Å². The number of aromatic nitrogens is 3. The van der Waals surface area contributed by atoms with Crippen LogP contribution < -0.4 is 11.3 Å². The lowest BCUT2D eigenvalue weighted by Gasteiger charge is -2.08. The van der Waals surface area contributed by atoms with E-state index >= 15 is 0 Å². The Morgan fingerprint density at radius 1 is 1.24 bits per heavy atom. The Hall–Kier alpha value is -2.38. The van der Waals surface area contributed by atoms with Gasteiger partial charge in [-0.1, -0.05) is 18.2 Å². The SMILES string of the molecule is Nc1cc(=O)[nH]c(Sc2nc3ccccc3cc2CO)n1. The topological polar surface area (TPSA) is 105 Å². The van der Waals surface area contributed by atoms with Crippen LogP contribution in [0.5, 0.6) is 0 Å². The van der Waals surface area contributed by atoms with Crippen molar-refractivity contribution in [2.24, 2.45) is 0 Å². The minimum absolute atomic E-state index is 0.146. The second-order valence-electron chi connectivity index (χ2n) is 4.38. The van der Waals surface area contributed by atoms with E-state index in [0.717, 1.165) is 22.7 Å². The standard InChI is InChI=1S/C14H12N4O2S/c15-11-6-12(20)18-14(17-11)21-13-9(7-19)5-8-3-1-2-4-10(8)16-13/h1-6,19H,7H2,(H3,15,17,18,20). The lowest BCUT2D eigenvalue weighted by atomic mass is 10.2. The van der Waals surface area contributed by atoms with Gasteiger partial charge in [-0.25, -0.2) is 9.97 Å². The number of pyridine rings is 1. The van der Waals surface area contributed by atoms with Crippen molar-refractivity contribution in [3.63, 3.8) is 0 Å². The summed E-state index contributed by atoms with van der Waals surface area (Å²) in [7, 11) is 0. The van der Waals surface area contributed by atoms with Gasteiger partial charge < -0.3 is 15.8 Å². The van der Waals surface area contributed by atoms with Gasteiger partial charge in [-0.05, 0) is 23.9 Å². The van der Waals surface area contributed by atoms with E-state index in [4.69, 9.17) is 5.73 Å². The first-order valence-corrected chi connectivity index (χ1v) is 7.01. The van der Waals surface area contributed by atoms with Crippen molar-refractivity contribution in [3.05, 3.63) is 52.3 Å². The molecule has 7 heteroatoms. The average molecular weight is 300 g/mol. The first-order valence-electron chi connectivity index (χ1n) is 6.20. The molecule has 0 aliphatic rings. The van der Waals surface area contributed by atoms with E-state index in [9.17, 15) is 9.90 Å². The lowest BCUT2D eigenvalue weighted by Crippen LogP contribution is -2.09. The number of hydrogen-bond acceptors (Lipinski definition) is 6.